The maximum Gasteiger partial charge on any atom is 0.264 e. The van der Waals surface area contributed by atoms with Gasteiger partial charge in [0.25, 0.3) is 10.0 Å². The summed E-state index contributed by atoms with van der Waals surface area (Å²) in [5, 5.41) is 3.04. The third-order valence-corrected chi connectivity index (χ3v) is 9.81. The molecule has 0 saturated heterocycles. The molecule has 10 nitrogen and oxygen atoms in total. The summed E-state index contributed by atoms with van der Waals surface area (Å²) in [5.41, 5.74) is 1.74. The zero-order valence-corrected chi connectivity index (χ0v) is 28.8. The number of anilines is 1. The fourth-order valence-corrected chi connectivity index (χ4v) is 6.62. The lowest BCUT2D eigenvalue weighted by Gasteiger charge is -2.34. The van der Waals surface area contributed by atoms with Crippen molar-refractivity contribution in [3.05, 3.63) is 114 Å². The second kappa shape index (κ2) is 16.7. The van der Waals surface area contributed by atoms with Gasteiger partial charge >= 0.3 is 0 Å². The van der Waals surface area contributed by atoms with Gasteiger partial charge in [0, 0.05) is 25.1 Å². The summed E-state index contributed by atoms with van der Waals surface area (Å²) in [4.78, 5) is 30.2. The third-order valence-electron chi connectivity index (χ3n) is 8.02. The van der Waals surface area contributed by atoms with Crippen molar-refractivity contribution in [2.24, 2.45) is 0 Å². The minimum Gasteiger partial charge on any atom is -0.497 e. The molecule has 0 radical (unpaired) electrons. The molecule has 0 fully saturated rings. The number of hydrogen-bond acceptors (Lipinski definition) is 7. The second-order valence-electron chi connectivity index (χ2n) is 11.3. The van der Waals surface area contributed by atoms with Crippen LogP contribution in [0, 0.1) is 0 Å². The van der Waals surface area contributed by atoms with Crippen molar-refractivity contribution in [3.8, 4) is 17.2 Å². The van der Waals surface area contributed by atoms with E-state index in [1.165, 1.54) is 37.3 Å². The van der Waals surface area contributed by atoms with Crippen molar-refractivity contribution in [1.29, 1.82) is 0 Å². The molecular weight excluding hydrogens is 630 g/mol. The number of nitrogens with zero attached hydrogens (tertiary/aromatic N) is 2. The summed E-state index contributed by atoms with van der Waals surface area (Å²) in [5.74, 6) is 0.357. The number of ether oxygens (including phenoxy) is 3. The molecule has 254 valence electrons. The van der Waals surface area contributed by atoms with Crippen LogP contribution >= 0.6 is 0 Å². The van der Waals surface area contributed by atoms with Gasteiger partial charge in [-0.15, -0.1) is 0 Å². The number of nitrogens with one attached hydrogen (secondary N) is 1. The van der Waals surface area contributed by atoms with Crippen LogP contribution in [0.1, 0.15) is 31.4 Å². The summed E-state index contributed by atoms with van der Waals surface area (Å²) in [6.07, 6.45) is 0.899. The van der Waals surface area contributed by atoms with Gasteiger partial charge in [0.05, 0.1) is 31.9 Å². The molecule has 4 rings (SSSR count). The Morgan fingerprint density at radius 3 is 2.04 bits per heavy atom. The molecule has 2 amide bonds. The number of carbonyl (C=O) groups is 2. The second-order valence-corrected chi connectivity index (χ2v) is 13.1. The molecule has 0 aliphatic rings. The van der Waals surface area contributed by atoms with Gasteiger partial charge in [-0.3, -0.25) is 13.9 Å². The summed E-state index contributed by atoms with van der Waals surface area (Å²) < 4.78 is 45.8. The monoisotopic (exact) mass is 673 g/mol. The van der Waals surface area contributed by atoms with Crippen LogP contribution < -0.4 is 23.8 Å². The summed E-state index contributed by atoms with van der Waals surface area (Å²) in [6, 6.07) is 28.1. The molecule has 48 heavy (non-hydrogen) atoms. The standard InChI is InChI=1S/C37H43N3O7S/c1-6-27(2)38-37(42)33(23-28-14-9-7-10-15-28)39(25-29-16-13-17-31(22-29)45-3)36(41)26-40(48(43,44)32-18-11-8-12-19-32)30-20-21-34(46-4)35(24-30)47-5/h7-22,24,27,33H,6,23,25-26H2,1-5H3,(H,38,42). The van der Waals surface area contributed by atoms with Crippen molar-refractivity contribution in [2.75, 3.05) is 32.2 Å². The third kappa shape index (κ3) is 8.86. The van der Waals surface area contributed by atoms with Gasteiger partial charge in [-0.05, 0) is 60.9 Å². The van der Waals surface area contributed by atoms with Gasteiger partial charge in [0.2, 0.25) is 11.8 Å². The molecule has 0 aliphatic heterocycles. The Labute approximate surface area is 283 Å². The molecular formula is C37H43N3O7S. The molecule has 0 spiro atoms. The SMILES string of the molecule is CCC(C)NC(=O)C(Cc1ccccc1)N(Cc1cccc(OC)c1)C(=O)CN(c1ccc(OC)c(OC)c1)S(=O)(=O)c1ccccc1. The number of benzene rings is 4. The summed E-state index contributed by atoms with van der Waals surface area (Å²) >= 11 is 0. The van der Waals surface area contributed by atoms with Crippen molar-refractivity contribution < 1.29 is 32.2 Å². The molecule has 1 N–H and O–H groups in total. The van der Waals surface area contributed by atoms with E-state index in [-0.39, 0.29) is 35.5 Å². The average molecular weight is 674 g/mol. The highest BCUT2D eigenvalue weighted by Gasteiger charge is 2.35. The first-order valence-corrected chi connectivity index (χ1v) is 17.1. The average Bonchev–Trinajstić information content (AvgIpc) is 3.12. The molecule has 0 heterocycles. The first-order chi connectivity index (χ1) is 23.1. The Hall–Kier alpha value is -5.03. The molecule has 4 aromatic carbocycles. The highest BCUT2D eigenvalue weighted by Crippen LogP contribution is 2.34. The van der Waals surface area contributed by atoms with Crippen LogP contribution in [0.4, 0.5) is 5.69 Å². The summed E-state index contributed by atoms with van der Waals surface area (Å²) in [6.45, 7) is 3.29. The van der Waals surface area contributed by atoms with Crippen LogP contribution in [0.25, 0.3) is 0 Å². The minimum absolute atomic E-state index is 0.00211. The Bertz CT molecular complexity index is 1770. The molecule has 0 aromatic heterocycles. The van der Waals surface area contributed by atoms with Crippen LogP contribution in [0.3, 0.4) is 0 Å². The van der Waals surface area contributed by atoms with E-state index in [1.54, 1.807) is 55.6 Å². The smallest absolute Gasteiger partial charge is 0.264 e. The van der Waals surface area contributed by atoms with Crippen molar-refractivity contribution in [1.82, 2.24) is 10.2 Å². The molecule has 2 atom stereocenters. The topological polar surface area (TPSA) is 114 Å². The molecule has 2 unspecified atom stereocenters. The van der Waals surface area contributed by atoms with E-state index in [0.29, 0.717) is 29.2 Å². The van der Waals surface area contributed by atoms with E-state index < -0.39 is 28.5 Å². The fraction of sp³-hybridized carbons (Fsp3) is 0.297. The van der Waals surface area contributed by atoms with Crippen LogP contribution in [0.15, 0.2) is 108 Å². The van der Waals surface area contributed by atoms with Crippen molar-refractivity contribution in [2.45, 2.75) is 50.2 Å². The van der Waals surface area contributed by atoms with E-state index in [0.717, 1.165) is 9.87 Å². The maximum absolute atomic E-state index is 14.7. The van der Waals surface area contributed by atoms with E-state index in [2.05, 4.69) is 5.32 Å². The van der Waals surface area contributed by atoms with Crippen LogP contribution in [0.5, 0.6) is 17.2 Å². The lowest BCUT2D eigenvalue weighted by Crippen LogP contribution is -2.54. The van der Waals surface area contributed by atoms with Gasteiger partial charge in [0.1, 0.15) is 18.3 Å². The fourth-order valence-electron chi connectivity index (χ4n) is 5.19. The molecule has 11 heteroatoms. The quantitative estimate of drug-likeness (QED) is 0.168. The van der Waals surface area contributed by atoms with E-state index in [9.17, 15) is 18.0 Å². The molecule has 4 aromatic rings. The number of methoxy groups -OCH3 is 3. The normalized spacial score (nSPS) is 12.4. The van der Waals surface area contributed by atoms with Gasteiger partial charge in [-0.2, -0.15) is 0 Å². The van der Waals surface area contributed by atoms with E-state index in [4.69, 9.17) is 14.2 Å². The highest BCUT2D eigenvalue weighted by molar-refractivity contribution is 7.92. The predicted molar refractivity (Wildman–Crippen MR) is 186 cm³/mol. The van der Waals surface area contributed by atoms with Gasteiger partial charge in [-0.1, -0.05) is 67.6 Å². The van der Waals surface area contributed by atoms with E-state index >= 15 is 0 Å². The van der Waals surface area contributed by atoms with Crippen molar-refractivity contribution >= 4 is 27.5 Å². The number of carbonyl (C=O) groups excluding carboxylic acids is 2. The Balaban J connectivity index is 1.85. The van der Waals surface area contributed by atoms with Gasteiger partial charge in [0.15, 0.2) is 11.5 Å². The lowest BCUT2D eigenvalue weighted by atomic mass is 10.0. The number of hydrogen-bond donors (Lipinski definition) is 1. The molecule has 0 aliphatic carbocycles. The Kier molecular flexibility index (Phi) is 12.5. The zero-order chi connectivity index (χ0) is 34.7. The predicted octanol–water partition coefficient (Wildman–Crippen LogP) is 5.46. The van der Waals surface area contributed by atoms with Crippen molar-refractivity contribution in [3.63, 3.8) is 0 Å². The highest BCUT2D eigenvalue weighted by atomic mass is 32.2. The maximum atomic E-state index is 14.7. The largest absolute Gasteiger partial charge is 0.497 e. The van der Waals surface area contributed by atoms with Gasteiger partial charge in [-0.25, -0.2) is 8.42 Å². The van der Waals surface area contributed by atoms with Crippen LogP contribution in [-0.2, 0) is 32.6 Å². The number of rotatable bonds is 16. The Morgan fingerprint density at radius 2 is 1.42 bits per heavy atom. The first kappa shape index (κ1) is 35.8. The van der Waals surface area contributed by atoms with Crippen LogP contribution in [-0.4, -0.2) is 65.1 Å². The Morgan fingerprint density at radius 1 is 0.771 bits per heavy atom. The molecule has 0 bridgehead atoms. The van der Waals surface area contributed by atoms with E-state index in [1.807, 2.05) is 50.2 Å². The molecule has 0 saturated carbocycles. The summed E-state index contributed by atoms with van der Waals surface area (Å²) in [7, 11) is 0.208. The first-order valence-electron chi connectivity index (χ1n) is 15.7. The lowest BCUT2D eigenvalue weighted by molar-refractivity contribution is -0.140. The zero-order valence-electron chi connectivity index (χ0n) is 28.0. The number of sulfonamides is 1. The number of amides is 2. The minimum atomic E-state index is -4.27. The van der Waals surface area contributed by atoms with Gasteiger partial charge < -0.3 is 24.4 Å². The van der Waals surface area contributed by atoms with Crippen LogP contribution in [0.2, 0.25) is 0 Å².